The van der Waals surface area contributed by atoms with Gasteiger partial charge in [-0.2, -0.15) is 0 Å². The fourth-order valence-corrected chi connectivity index (χ4v) is 4.02. The molecule has 0 aliphatic carbocycles. The number of phenols is 1. The molecule has 0 aromatic heterocycles. The molecule has 1 aromatic rings. The number of likely N-dealkylation sites (N-methyl/N-ethyl adjacent to an activating group) is 1. The van der Waals surface area contributed by atoms with E-state index in [-0.39, 0.29) is 23.7 Å². The van der Waals surface area contributed by atoms with Gasteiger partial charge in [0, 0.05) is 56.9 Å². The SMILES string of the molecule is C[C@@H]1/C=C/C(=O)[C@H](O)[C@@H](O)C/C=C/c2cc(NCCN3CCN(C)CC3)cc(O)c2C(=O)O[C@H]1C. The van der Waals surface area contributed by atoms with E-state index in [9.17, 15) is 24.9 Å². The summed E-state index contributed by atoms with van der Waals surface area (Å²) in [5, 5.41) is 34.4. The number of rotatable bonds is 4. The van der Waals surface area contributed by atoms with Crippen LogP contribution in [0.4, 0.5) is 5.69 Å². The molecule has 0 amide bonds. The normalized spacial score (nSPS) is 29.1. The Balaban J connectivity index is 1.81. The van der Waals surface area contributed by atoms with Crippen LogP contribution in [0.25, 0.3) is 6.08 Å². The maximum atomic E-state index is 13.0. The monoisotopic (exact) mass is 487 g/mol. The number of ether oxygens (including phenoxy) is 1. The van der Waals surface area contributed by atoms with Crippen molar-refractivity contribution in [1.82, 2.24) is 9.80 Å². The van der Waals surface area contributed by atoms with Crippen LogP contribution < -0.4 is 5.32 Å². The van der Waals surface area contributed by atoms with E-state index >= 15 is 0 Å². The van der Waals surface area contributed by atoms with Crippen molar-refractivity contribution < 1.29 is 29.6 Å². The molecule has 2 aliphatic heterocycles. The standard InChI is InChI=1S/C26H37N3O6/c1-17-7-8-22(31)25(33)21(30)6-4-5-19-15-20(16-23(32)24(19)26(34)35-18(17)2)27-9-10-29-13-11-28(3)12-14-29/h4-5,7-8,15-18,21,25,27,30,32-33H,6,9-14H2,1-3H3/b5-4+,8-7+/t17-,18+,21+,25-/m1/s1. The largest absolute Gasteiger partial charge is 0.507 e. The average Bonchev–Trinajstić information content (AvgIpc) is 2.82. The molecule has 4 atom stereocenters. The van der Waals surface area contributed by atoms with Crippen molar-refractivity contribution >= 4 is 23.5 Å². The van der Waals surface area contributed by atoms with E-state index in [1.165, 1.54) is 18.2 Å². The zero-order valence-corrected chi connectivity index (χ0v) is 20.7. The number of ketones is 1. The summed E-state index contributed by atoms with van der Waals surface area (Å²) in [5.74, 6) is -1.83. The molecule has 0 unspecified atom stereocenters. The number of nitrogens with zero attached hydrogens (tertiary/aromatic N) is 2. The molecular formula is C26H37N3O6. The summed E-state index contributed by atoms with van der Waals surface area (Å²) in [6.45, 7) is 9.06. The Bertz CT molecular complexity index is 955. The number of fused-ring (bicyclic) bond motifs is 1. The number of benzene rings is 1. The molecule has 0 spiro atoms. The molecule has 1 saturated heterocycles. The van der Waals surface area contributed by atoms with Gasteiger partial charge in [-0.05, 0) is 38.1 Å². The number of hydrogen-bond donors (Lipinski definition) is 4. The number of aromatic hydroxyl groups is 1. The van der Waals surface area contributed by atoms with E-state index < -0.39 is 30.1 Å². The van der Waals surface area contributed by atoms with Gasteiger partial charge in [-0.15, -0.1) is 0 Å². The van der Waals surface area contributed by atoms with Gasteiger partial charge >= 0.3 is 5.97 Å². The summed E-state index contributed by atoms with van der Waals surface area (Å²) in [6, 6.07) is 3.25. The lowest BCUT2D eigenvalue weighted by molar-refractivity contribution is -0.127. The first kappa shape index (κ1) is 26.9. The third-order valence-corrected chi connectivity index (χ3v) is 6.63. The van der Waals surface area contributed by atoms with Gasteiger partial charge in [-0.25, -0.2) is 4.79 Å². The third kappa shape index (κ3) is 7.38. The molecule has 0 bridgehead atoms. The minimum Gasteiger partial charge on any atom is -0.507 e. The molecule has 4 N–H and O–H groups in total. The smallest absolute Gasteiger partial charge is 0.342 e. The van der Waals surface area contributed by atoms with Crippen molar-refractivity contribution in [2.24, 2.45) is 5.92 Å². The first-order chi connectivity index (χ1) is 16.7. The van der Waals surface area contributed by atoms with E-state index in [1.54, 1.807) is 32.1 Å². The minimum atomic E-state index is -1.56. The number of hydrogen-bond acceptors (Lipinski definition) is 9. The second-order valence-electron chi connectivity index (χ2n) is 9.41. The van der Waals surface area contributed by atoms with Gasteiger partial charge in [0.15, 0.2) is 5.78 Å². The van der Waals surface area contributed by atoms with Crippen LogP contribution in [0.3, 0.4) is 0 Å². The number of carbonyl (C=O) groups is 2. The zero-order valence-electron chi connectivity index (χ0n) is 20.7. The Labute approximate surface area is 206 Å². The van der Waals surface area contributed by atoms with Crippen LogP contribution in [0.1, 0.15) is 36.2 Å². The predicted octanol–water partition coefficient (Wildman–Crippen LogP) is 1.50. The molecule has 3 rings (SSSR count). The van der Waals surface area contributed by atoms with Crippen molar-refractivity contribution in [3.63, 3.8) is 0 Å². The lowest BCUT2D eigenvalue weighted by Gasteiger charge is -2.32. The molecule has 2 aliphatic rings. The van der Waals surface area contributed by atoms with Gasteiger partial charge in [0.25, 0.3) is 0 Å². The summed E-state index contributed by atoms with van der Waals surface area (Å²) in [5.41, 5.74) is 1.09. The highest BCUT2D eigenvalue weighted by Crippen LogP contribution is 2.30. The van der Waals surface area contributed by atoms with Crippen LogP contribution in [0.15, 0.2) is 30.4 Å². The van der Waals surface area contributed by atoms with Crippen molar-refractivity contribution in [1.29, 1.82) is 0 Å². The Morgan fingerprint density at radius 3 is 2.51 bits per heavy atom. The predicted molar refractivity (Wildman–Crippen MR) is 134 cm³/mol. The highest BCUT2D eigenvalue weighted by Gasteiger charge is 2.25. The molecule has 2 heterocycles. The van der Waals surface area contributed by atoms with Gasteiger partial charge in [0.2, 0.25) is 0 Å². The lowest BCUT2D eigenvalue weighted by atomic mass is 9.99. The molecule has 0 saturated carbocycles. The number of cyclic esters (lactones) is 1. The quantitative estimate of drug-likeness (QED) is 0.468. The van der Waals surface area contributed by atoms with E-state index in [4.69, 9.17) is 4.74 Å². The fraction of sp³-hybridized carbons (Fsp3) is 0.538. The van der Waals surface area contributed by atoms with Crippen molar-refractivity contribution in [2.75, 3.05) is 51.6 Å². The number of piperazine rings is 1. The molecule has 9 heteroatoms. The Morgan fingerprint density at radius 1 is 1.09 bits per heavy atom. The van der Waals surface area contributed by atoms with Crippen LogP contribution in [-0.2, 0) is 9.53 Å². The Morgan fingerprint density at radius 2 is 1.80 bits per heavy atom. The lowest BCUT2D eigenvalue weighted by Crippen LogP contribution is -2.45. The van der Waals surface area contributed by atoms with Gasteiger partial charge < -0.3 is 30.3 Å². The highest BCUT2D eigenvalue weighted by molar-refractivity contribution is 5.97. The summed E-state index contributed by atoms with van der Waals surface area (Å²) < 4.78 is 5.57. The van der Waals surface area contributed by atoms with Gasteiger partial charge in [-0.1, -0.05) is 25.2 Å². The number of esters is 1. The van der Waals surface area contributed by atoms with E-state index in [0.29, 0.717) is 17.8 Å². The number of carbonyl (C=O) groups excluding carboxylic acids is 2. The summed E-state index contributed by atoms with van der Waals surface area (Å²) in [4.78, 5) is 29.8. The van der Waals surface area contributed by atoms with Gasteiger partial charge in [-0.3, -0.25) is 9.69 Å². The van der Waals surface area contributed by atoms with Gasteiger partial charge in [0.05, 0.1) is 6.10 Å². The number of aliphatic hydroxyl groups excluding tert-OH is 2. The summed E-state index contributed by atoms with van der Waals surface area (Å²) in [6.07, 6.45) is 2.42. The number of nitrogens with one attached hydrogen (secondary N) is 1. The van der Waals surface area contributed by atoms with E-state index in [1.807, 2.05) is 0 Å². The zero-order chi connectivity index (χ0) is 25.5. The number of aliphatic hydroxyl groups is 2. The molecule has 0 radical (unpaired) electrons. The molecule has 9 nitrogen and oxygen atoms in total. The van der Waals surface area contributed by atoms with Crippen molar-refractivity contribution in [3.8, 4) is 5.75 Å². The second-order valence-corrected chi connectivity index (χ2v) is 9.41. The molecule has 192 valence electrons. The number of anilines is 1. The number of phenolic OH excluding ortho intramolecular Hbond substituents is 1. The molecule has 35 heavy (non-hydrogen) atoms. The van der Waals surface area contributed by atoms with Crippen LogP contribution in [0.2, 0.25) is 0 Å². The van der Waals surface area contributed by atoms with Gasteiger partial charge in [0.1, 0.15) is 23.5 Å². The maximum Gasteiger partial charge on any atom is 0.342 e. The molecule has 1 fully saturated rings. The average molecular weight is 488 g/mol. The summed E-state index contributed by atoms with van der Waals surface area (Å²) in [7, 11) is 2.11. The topological polar surface area (TPSA) is 123 Å². The van der Waals surface area contributed by atoms with Crippen LogP contribution in [0, 0.1) is 5.92 Å². The van der Waals surface area contributed by atoms with Crippen molar-refractivity contribution in [3.05, 3.63) is 41.5 Å². The van der Waals surface area contributed by atoms with E-state index in [0.717, 1.165) is 32.7 Å². The fourth-order valence-electron chi connectivity index (χ4n) is 4.02. The van der Waals surface area contributed by atoms with Crippen LogP contribution in [-0.4, -0.2) is 102 Å². The maximum absolute atomic E-state index is 13.0. The molecular weight excluding hydrogens is 450 g/mol. The first-order valence-electron chi connectivity index (χ1n) is 12.1. The highest BCUT2D eigenvalue weighted by atomic mass is 16.5. The second kappa shape index (κ2) is 12.3. The molecule has 1 aromatic carbocycles. The minimum absolute atomic E-state index is 0.0109. The van der Waals surface area contributed by atoms with Crippen LogP contribution in [0.5, 0.6) is 5.75 Å². The van der Waals surface area contributed by atoms with Crippen LogP contribution >= 0.6 is 0 Å². The summed E-state index contributed by atoms with van der Waals surface area (Å²) >= 11 is 0. The van der Waals surface area contributed by atoms with Crippen molar-refractivity contribution in [2.45, 2.75) is 38.6 Å². The first-order valence-corrected chi connectivity index (χ1v) is 12.1. The van der Waals surface area contributed by atoms with E-state index in [2.05, 4.69) is 22.2 Å². The third-order valence-electron chi connectivity index (χ3n) is 6.63. The Hall–Kier alpha value is -2.72. The Kier molecular flexibility index (Phi) is 9.45.